The molecule has 0 bridgehead atoms. The summed E-state index contributed by atoms with van der Waals surface area (Å²) >= 11 is 0. The maximum atomic E-state index is 11.1. The first kappa shape index (κ1) is 13.6. The van der Waals surface area contributed by atoms with Crippen LogP contribution in [0.5, 0.6) is 0 Å². The lowest BCUT2D eigenvalue weighted by Gasteiger charge is -2.11. The summed E-state index contributed by atoms with van der Waals surface area (Å²) in [6.07, 6.45) is 3.15. The van der Waals surface area contributed by atoms with Crippen molar-refractivity contribution in [3.63, 3.8) is 0 Å². The lowest BCUT2D eigenvalue weighted by atomic mass is 10.2. The van der Waals surface area contributed by atoms with Gasteiger partial charge in [0.05, 0.1) is 11.1 Å². The summed E-state index contributed by atoms with van der Waals surface area (Å²) in [5, 5.41) is 18.9. The van der Waals surface area contributed by atoms with E-state index in [1.54, 1.807) is 35.4 Å². The summed E-state index contributed by atoms with van der Waals surface area (Å²) < 4.78 is 0. The van der Waals surface area contributed by atoms with Gasteiger partial charge in [-0.1, -0.05) is 0 Å². The Morgan fingerprint density at radius 2 is 2.05 bits per heavy atom. The van der Waals surface area contributed by atoms with E-state index >= 15 is 0 Å². The molecule has 0 saturated carbocycles. The molecule has 0 atom stereocenters. The number of anilines is 1. The fourth-order valence-corrected chi connectivity index (χ4v) is 1.55. The van der Waals surface area contributed by atoms with Gasteiger partial charge in [0.25, 0.3) is 5.69 Å². The van der Waals surface area contributed by atoms with Gasteiger partial charge < -0.3 is 4.90 Å². The minimum Gasteiger partial charge on any atom is -0.377 e. The molecule has 1 aromatic heterocycles. The number of hydrogen-bond acceptors (Lipinski definition) is 6. The van der Waals surface area contributed by atoms with Crippen molar-refractivity contribution in [2.24, 2.45) is 10.2 Å². The molecule has 0 aliphatic rings. The second-order valence-corrected chi connectivity index (χ2v) is 4.24. The molecule has 20 heavy (non-hydrogen) atoms. The molecule has 0 amide bonds. The molecule has 1 heterocycles. The monoisotopic (exact) mass is 271 g/mol. The Hall–Kier alpha value is -2.83. The molecule has 102 valence electrons. The van der Waals surface area contributed by atoms with Crippen LogP contribution >= 0.6 is 0 Å². The van der Waals surface area contributed by atoms with Crippen molar-refractivity contribution >= 4 is 22.7 Å². The molecular formula is C13H13N5O2. The third kappa shape index (κ3) is 3.14. The highest BCUT2D eigenvalue weighted by Gasteiger charge is 2.15. The van der Waals surface area contributed by atoms with Crippen LogP contribution in [-0.4, -0.2) is 24.0 Å². The van der Waals surface area contributed by atoms with Crippen LogP contribution < -0.4 is 4.90 Å². The number of benzene rings is 1. The van der Waals surface area contributed by atoms with Crippen LogP contribution in [0.3, 0.4) is 0 Å². The molecule has 0 saturated heterocycles. The van der Waals surface area contributed by atoms with E-state index in [1.165, 1.54) is 12.3 Å². The van der Waals surface area contributed by atoms with Crippen molar-refractivity contribution in [1.29, 1.82) is 0 Å². The zero-order valence-corrected chi connectivity index (χ0v) is 11.1. The third-order valence-corrected chi connectivity index (χ3v) is 2.59. The molecule has 1 aromatic carbocycles. The predicted octanol–water partition coefficient (Wildman–Crippen LogP) is 3.47. The average molecular weight is 271 g/mol. The summed E-state index contributed by atoms with van der Waals surface area (Å²) in [6.45, 7) is 0. The van der Waals surface area contributed by atoms with Gasteiger partial charge in [0.2, 0.25) is 0 Å². The molecule has 0 aliphatic carbocycles. The Kier molecular flexibility index (Phi) is 3.99. The highest BCUT2D eigenvalue weighted by molar-refractivity contribution is 5.65. The maximum Gasteiger partial charge on any atom is 0.298 e. The van der Waals surface area contributed by atoms with Crippen LogP contribution in [0.4, 0.5) is 22.7 Å². The minimum atomic E-state index is -0.468. The zero-order chi connectivity index (χ0) is 14.5. The van der Waals surface area contributed by atoms with Crippen molar-refractivity contribution in [3.8, 4) is 0 Å². The van der Waals surface area contributed by atoms with E-state index in [2.05, 4.69) is 15.2 Å². The number of hydrogen-bond donors (Lipinski definition) is 0. The van der Waals surface area contributed by atoms with Gasteiger partial charge >= 0.3 is 0 Å². The molecule has 0 fully saturated rings. The van der Waals surface area contributed by atoms with Crippen LogP contribution in [0, 0.1) is 10.1 Å². The normalized spacial score (nSPS) is 10.7. The molecule has 2 aromatic rings. The van der Waals surface area contributed by atoms with Gasteiger partial charge in [-0.3, -0.25) is 15.1 Å². The van der Waals surface area contributed by atoms with Crippen LogP contribution in [0.1, 0.15) is 0 Å². The zero-order valence-electron chi connectivity index (χ0n) is 11.1. The van der Waals surface area contributed by atoms with Gasteiger partial charge in [-0.25, -0.2) is 0 Å². The molecule has 7 heteroatoms. The number of nitro groups is 1. The van der Waals surface area contributed by atoms with E-state index in [9.17, 15) is 10.1 Å². The molecule has 0 N–H and O–H groups in total. The van der Waals surface area contributed by atoms with Gasteiger partial charge in [0.15, 0.2) is 5.69 Å². The van der Waals surface area contributed by atoms with E-state index in [1.807, 2.05) is 14.1 Å². The van der Waals surface area contributed by atoms with Crippen LogP contribution in [-0.2, 0) is 0 Å². The quantitative estimate of drug-likeness (QED) is 0.484. The average Bonchev–Trinajstić information content (AvgIpc) is 2.45. The summed E-state index contributed by atoms with van der Waals surface area (Å²) in [4.78, 5) is 16.3. The number of nitrogens with zero attached hydrogens (tertiary/aromatic N) is 5. The lowest BCUT2D eigenvalue weighted by Crippen LogP contribution is -2.08. The number of rotatable bonds is 4. The largest absolute Gasteiger partial charge is 0.377 e. The molecule has 0 radical (unpaired) electrons. The highest BCUT2D eigenvalue weighted by Crippen LogP contribution is 2.32. The van der Waals surface area contributed by atoms with Crippen molar-refractivity contribution in [3.05, 3.63) is 52.8 Å². The first-order chi connectivity index (χ1) is 9.58. The third-order valence-electron chi connectivity index (χ3n) is 2.59. The summed E-state index contributed by atoms with van der Waals surface area (Å²) in [7, 11) is 3.63. The standard InChI is InChI=1S/C13H13N5O2/c1-17(2)11-5-6-12(13(8-11)18(19)20)16-15-10-4-3-7-14-9-10/h3-9H,1-2H3. The SMILES string of the molecule is CN(C)c1ccc(N=Nc2cccnc2)c([N+](=O)[O-])c1. The van der Waals surface area contributed by atoms with E-state index in [0.29, 0.717) is 5.69 Å². The Bertz CT molecular complexity index is 640. The molecule has 7 nitrogen and oxygen atoms in total. The number of azo groups is 1. The van der Waals surface area contributed by atoms with Crippen LogP contribution in [0.2, 0.25) is 0 Å². The minimum absolute atomic E-state index is 0.0798. The fraction of sp³-hybridized carbons (Fsp3) is 0.154. The Morgan fingerprint density at radius 3 is 2.65 bits per heavy atom. The van der Waals surface area contributed by atoms with E-state index in [4.69, 9.17) is 0 Å². The summed E-state index contributed by atoms with van der Waals surface area (Å²) in [5.74, 6) is 0. The smallest absolute Gasteiger partial charge is 0.298 e. The maximum absolute atomic E-state index is 11.1. The van der Waals surface area contributed by atoms with Crippen LogP contribution in [0.15, 0.2) is 53.0 Å². The second-order valence-electron chi connectivity index (χ2n) is 4.24. The van der Waals surface area contributed by atoms with Gasteiger partial charge in [0, 0.05) is 32.0 Å². The number of nitro benzene ring substituents is 1. The molecule has 0 aliphatic heterocycles. The first-order valence-electron chi connectivity index (χ1n) is 5.85. The Morgan fingerprint density at radius 1 is 1.25 bits per heavy atom. The number of pyridine rings is 1. The van der Waals surface area contributed by atoms with E-state index in [-0.39, 0.29) is 11.4 Å². The first-order valence-corrected chi connectivity index (χ1v) is 5.85. The molecule has 0 unspecified atom stereocenters. The van der Waals surface area contributed by atoms with Crippen LogP contribution in [0.25, 0.3) is 0 Å². The van der Waals surface area contributed by atoms with E-state index in [0.717, 1.165) is 5.69 Å². The van der Waals surface area contributed by atoms with Crippen molar-refractivity contribution in [1.82, 2.24) is 4.98 Å². The highest BCUT2D eigenvalue weighted by atomic mass is 16.6. The predicted molar refractivity (Wildman–Crippen MR) is 75.8 cm³/mol. The fourth-order valence-electron chi connectivity index (χ4n) is 1.55. The van der Waals surface area contributed by atoms with Crippen molar-refractivity contribution < 1.29 is 4.92 Å². The van der Waals surface area contributed by atoms with E-state index < -0.39 is 4.92 Å². The topological polar surface area (TPSA) is 84.0 Å². The molecule has 0 spiro atoms. The van der Waals surface area contributed by atoms with Gasteiger partial charge in [-0.2, -0.15) is 0 Å². The Balaban J connectivity index is 2.36. The number of aromatic nitrogens is 1. The Labute approximate surface area is 115 Å². The van der Waals surface area contributed by atoms with Crippen molar-refractivity contribution in [2.45, 2.75) is 0 Å². The van der Waals surface area contributed by atoms with Gasteiger partial charge in [-0.05, 0) is 24.3 Å². The summed E-state index contributed by atoms with van der Waals surface area (Å²) in [5.41, 5.74) is 1.41. The van der Waals surface area contributed by atoms with Gasteiger partial charge in [0.1, 0.15) is 5.69 Å². The molecule has 2 rings (SSSR count). The van der Waals surface area contributed by atoms with Crippen molar-refractivity contribution in [2.75, 3.05) is 19.0 Å². The van der Waals surface area contributed by atoms with Gasteiger partial charge in [-0.15, -0.1) is 10.2 Å². The molecular weight excluding hydrogens is 258 g/mol. The second kappa shape index (κ2) is 5.87. The lowest BCUT2D eigenvalue weighted by molar-refractivity contribution is -0.384. The summed E-state index contributed by atoms with van der Waals surface area (Å²) in [6, 6.07) is 8.24.